The molecule has 2 unspecified atom stereocenters. The monoisotopic (exact) mass is 531 g/mol. The molecule has 0 spiro atoms. The smallest absolute Gasteiger partial charge is 0.309 e. The predicted molar refractivity (Wildman–Crippen MR) is 138 cm³/mol. The molecule has 31 heavy (non-hydrogen) atoms. The molecular formula is C24H38BrNO3S2. The van der Waals surface area contributed by atoms with Crippen molar-refractivity contribution >= 4 is 49.3 Å². The molecule has 0 saturated heterocycles. The second-order valence-electron chi connectivity index (χ2n) is 8.35. The highest BCUT2D eigenvalue weighted by Gasteiger charge is 2.29. The van der Waals surface area contributed by atoms with Crippen molar-refractivity contribution in [3.05, 3.63) is 34.3 Å². The van der Waals surface area contributed by atoms with Crippen molar-refractivity contribution in [3.63, 3.8) is 0 Å². The maximum absolute atomic E-state index is 13.2. The predicted octanol–water partition coefficient (Wildman–Crippen LogP) is 6.44. The first kappa shape index (κ1) is 28.5. The fourth-order valence-corrected chi connectivity index (χ4v) is 6.52. The number of nitrogens with two attached hydrogens (primary N) is 1. The van der Waals surface area contributed by atoms with E-state index < -0.39 is 5.92 Å². The molecule has 0 radical (unpaired) electrons. The lowest BCUT2D eigenvalue weighted by molar-refractivity contribution is -0.149. The zero-order valence-electron chi connectivity index (χ0n) is 19.3. The molecule has 176 valence electrons. The number of hydrogen-bond donors (Lipinski definition) is 1. The fraction of sp³-hybridized carbons (Fsp3) is 0.667. The molecule has 7 heteroatoms. The SMILES string of the molecule is CCCC[C@H](N)CSSC(CC(C)C)C(=O)CC(Cc1ccc(Br)cc1)C(=O)OCC. The lowest BCUT2D eigenvalue weighted by Gasteiger charge is -2.21. The lowest BCUT2D eigenvalue weighted by Crippen LogP contribution is -2.28. The second kappa shape index (κ2) is 16.2. The van der Waals surface area contributed by atoms with Crippen molar-refractivity contribution in [3.8, 4) is 0 Å². The fourth-order valence-electron chi connectivity index (χ4n) is 3.19. The zero-order chi connectivity index (χ0) is 23.2. The van der Waals surface area contributed by atoms with Gasteiger partial charge in [-0.25, -0.2) is 0 Å². The third kappa shape index (κ3) is 12.4. The van der Waals surface area contributed by atoms with Crippen molar-refractivity contribution in [1.29, 1.82) is 0 Å². The van der Waals surface area contributed by atoms with Crippen LogP contribution in [0.3, 0.4) is 0 Å². The molecule has 4 nitrogen and oxygen atoms in total. The molecule has 0 aliphatic heterocycles. The minimum Gasteiger partial charge on any atom is -0.466 e. The van der Waals surface area contributed by atoms with Crippen LogP contribution in [0.5, 0.6) is 0 Å². The summed E-state index contributed by atoms with van der Waals surface area (Å²) < 4.78 is 6.27. The van der Waals surface area contributed by atoms with Crippen LogP contribution >= 0.6 is 37.5 Å². The third-order valence-corrected chi connectivity index (χ3v) is 8.33. The molecule has 1 aromatic rings. The molecule has 0 aliphatic rings. The Morgan fingerprint density at radius 1 is 1.16 bits per heavy atom. The van der Waals surface area contributed by atoms with Crippen LogP contribution in [0.1, 0.15) is 65.4 Å². The van der Waals surface area contributed by atoms with E-state index in [9.17, 15) is 9.59 Å². The summed E-state index contributed by atoms with van der Waals surface area (Å²) in [6.45, 7) is 8.54. The van der Waals surface area contributed by atoms with Crippen molar-refractivity contribution in [2.75, 3.05) is 12.4 Å². The average molecular weight is 533 g/mol. The quantitative estimate of drug-likeness (QED) is 0.195. The number of hydrogen-bond acceptors (Lipinski definition) is 6. The maximum atomic E-state index is 13.2. The number of carbonyl (C=O) groups is 2. The Hall–Kier alpha value is -0.500. The molecule has 0 aliphatic carbocycles. The number of ketones is 1. The molecule has 0 saturated carbocycles. The normalized spacial score (nSPS) is 14.3. The van der Waals surface area contributed by atoms with Crippen LogP contribution in [0, 0.1) is 11.8 Å². The van der Waals surface area contributed by atoms with Crippen LogP contribution in [-0.4, -0.2) is 35.4 Å². The van der Waals surface area contributed by atoms with Gasteiger partial charge in [-0.1, -0.05) is 83.3 Å². The number of carbonyl (C=O) groups excluding carboxylic acids is 2. The van der Waals surface area contributed by atoms with E-state index >= 15 is 0 Å². The van der Waals surface area contributed by atoms with Crippen molar-refractivity contribution in [1.82, 2.24) is 0 Å². The van der Waals surface area contributed by atoms with E-state index in [1.54, 1.807) is 28.5 Å². The number of ether oxygens (including phenoxy) is 1. The van der Waals surface area contributed by atoms with Gasteiger partial charge in [-0.05, 0) is 49.8 Å². The summed E-state index contributed by atoms with van der Waals surface area (Å²) in [5.74, 6) is 0.626. The zero-order valence-corrected chi connectivity index (χ0v) is 22.5. The van der Waals surface area contributed by atoms with Gasteiger partial charge in [-0.2, -0.15) is 0 Å². The van der Waals surface area contributed by atoms with Gasteiger partial charge in [0.25, 0.3) is 0 Å². The molecule has 0 amide bonds. The summed E-state index contributed by atoms with van der Waals surface area (Å²) in [4.78, 5) is 25.8. The molecular weight excluding hydrogens is 494 g/mol. The van der Waals surface area contributed by atoms with E-state index in [0.717, 1.165) is 41.5 Å². The summed E-state index contributed by atoms with van der Waals surface area (Å²) in [5.41, 5.74) is 7.22. The Bertz CT molecular complexity index is 655. The summed E-state index contributed by atoms with van der Waals surface area (Å²) in [6.07, 6.45) is 4.82. The van der Waals surface area contributed by atoms with Crippen LogP contribution in [0.2, 0.25) is 0 Å². The van der Waals surface area contributed by atoms with Gasteiger partial charge in [0, 0.05) is 22.7 Å². The highest BCUT2D eigenvalue weighted by atomic mass is 79.9. The second-order valence-corrected chi connectivity index (χ2v) is 11.9. The molecule has 2 N–H and O–H groups in total. The number of unbranched alkanes of at least 4 members (excludes halogenated alkanes) is 1. The molecule has 1 aromatic carbocycles. The summed E-state index contributed by atoms with van der Waals surface area (Å²) in [6, 6.07) is 8.03. The van der Waals surface area contributed by atoms with Gasteiger partial charge in [0.1, 0.15) is 5.78 Å². The standard InChI is InChI=1S/C24H38BrNO3S2/c1-5-7-8-21(26)16-30-31-23(13-17(3)4)22(27)15-19(24(28)29-6-2)14-18-9-11-20(25)12-10-18/h9-12,17,19,21,23H,5-8,13-16,26H2,1-4H3/t19?,21-,23?/m0/s1. The van der Waals surface area contributed by atoms with E-state index in [0.29, 0.717) is 18.9 Å². The minimum absolute atomic E-state index is 0.128. The van der Waals surface area contributed by atoms with Crippen LogP contribution < -0.4 is 5.73 Å². The lowest BCUT2D eigenvalue weighted by atomic mass is 9.92. The number of benzene rings is 1. The van der Waals surface area contributed by atoms with Gasteiger partial charge in [0.15, 0.2) is 0 Å². The Morgan fingerprint density at radius 2 is 1.84 bits per heavy atom. The molecule has 1 rings (SSSR count). The first-order valence-corrected chi connectivity index (χ1v) is 14.4. The molecule has 3 atom stereocenters. The van der Waals surface area contributed by atoms with Crippen LogP contribution in [0.4, 0.5) is 0 Å². The van der Waals surface area contributed by atoms with E-state index in [-0.39, 0.29) is 29.5 Å². The van der Waals surface area contributed by atoms with Crippen molar-refractivity contribution < 1.29 is 14.3 Å². The number of Topliss-reactive ketones (excluding diaryl/α,β-unsaturated/α-hetero) is 1. The van der Waals surface area contributed by atoms with Crippen LogP contribution in [0.25, 0.3) is 0 Å². The highest BCUT2D eigenvalue weighted by Crippen LogP contribution is 2.34. The molecule has 0 bridgehead atoms. The van der Waals surface area contributed by atoms with Crippen LogP contribution in [-0.2, 0) is 20.7 Å². The molecule has 0 heterocycles. The summed E-state index contributed by atoms with van der Waals surface area (Å²) in [7, 11) is 3.31. The average Bonchev–Trinajstić information content (AvgIpc) is 2.72. The van der Waals surface area contributed by atoms with E-state index in [2.05, 4.69) is 36.7 Å². The number of rotatable bonds is 16. The van der Waals surface area contributed by atoms with Gasteiger partial charge in [-0.15, -0.1) is 0 Å². The van der Waals surface area contributed by atoms with Crippen molar-refractivity contribution in [2.45, 2.75) is 77.5 Å². The van der Waals surface area contributed by atoms with Gasteiger partial charge in [0.2, 0.25) is 0 Å². The largest absolute Gasteiger partial charge is 0.466 e. The van der Waals surface area contributed by atoms with Gasteiger partial charge in [0.05, 0.1) is 17.8 Å². The Kier molecular flexibility index (Phi) is 14.9. The topological polar surface area (TPSA) is 69.4 Å². The Morgan fingerprint density at radius 3 is 2.42 bits per heavy atom. The molecule has 0 fully saturated rings. The van der Waals surface area contributed by atoms with E-state index in [1.807, 2.05) is 24.3 Å². The third-order valence-electron chi connectivity index (χ3n) is 4.90. The molecule has 0 aromatic heterocycles. The number of esters is 1. The number of halogens is 1. The Balaban J connectivity index is 2.78. The summed E-state index contributed by atoms with van der Waals surface area (Å²) >= 11 is 3.44. The Labute approximate surface area is 204 Å². The first-order chi connectivity index (χ1) is 14.8. The summed E-state index contributed by atoms with van der Waals surface area (Å²) in [5, 5.41) is -0.134. The van der Waals surface area contributed by atoms with Crippen molar-refractivity contribution in [2.24, 2.45) is 17.6 Å². The van der Waals surface area contributed by atoms with Crippen LogP contribution in [0.15, 0.2) is 28.7 Å². The van der Waals surface area contributed by atoms with Gasteiger partial charge < -0.3 is 10.5 Å². The minimum atomic E-state index is -0.458. The van der Waals surface area contributed by atoms with Gasteiger partial charge >= 0.3 is 5.97 Å². The maximum Gasteiger partial charge on any atom is 0.309 e. The van der Waals surface area contributed by atoms with E-state index in [4.69, 9.17) is 10.5 Å². The van der Waals surface area contributed by atoms with Gasteiger partial charge in [-0.3, -0.25) is 9.59 Å². The highest BCUT2D eigenvalue weighted by molar-refractivity contribution is 9.10. The first-order valence-electron chi connectivity index (χ1n) is 11.2. The van der Waals surface area contributed by atoms with E-state index in [1.165, 1.54) is 0 Å².